The van der Waals surface area contributed by atoms with Crippen LogP contribution in [0, 0.1) is 0 Å². The Morgan fingerprint density at radius 1 is 0.333 bits per heavy atom. The zero-order valence-electron chi connectivity index (χ0n) is 49.8. The first kappa shape index (κ1) is 56.3. The van der Waals surface area contributed by atoms with Crippen LogP contribution in [0.15, 0.2) is 285 Å². The molecule has 0 bridgehead atoms. The highest BCUT2D eigenvalue weighted by atomic mass is 16.5. The Kier molecular flexibility index (Phi) is 13.8. The number of benzene rings is 12. The normalized spacial score (nSPS) is 14.0. The third-order valence-electron chi connectivity index (χ3n) is 17.7. The maximum absolute atomic E-state index is 14.3. The summed E-state index contributed by atoms with van der Waals surface area (Å²) in [6.07, 6.45) is 0.231. The van der Waals surface area contributed by atoms with Gasteiger partial charge in [0, 0.05) is 28.7 Å². The second-order valence-electron chi connectivity index (χ2n) is 23.5. The van der Waals surface area contributed by atoms with Gasteiger partial charge in [0.15, 0.2) is 0 Å². The number of fused-ring (bicyclic) bond motifs is 13. The van der Waals surface area contributed by atoms with Crippen LogP contribution in [0.2, 0.25) is 0 Å². The van der Waals surface area contributed by atoms with E-state index >= 15 is 0 Å². The molecule has 8 nitrogen and oxygen atoms in total. The molecule has 0 fully saturated rings. The lowest BCUT2D eigenvalue weighted by molar-refractivity contribution is -0.131. The predicted octanol–water partition coefficient (Wildman–Crippen LogP) is 18.2. The summed E-state index contributed by atoms with van der Waals surface area (Å²) in [4.78, 5) is 52.4. The number of esters is 4. The second kappa shape index (κ2) is 22.0. The van der Waals surface area contributed by atoms with Gasteiger partial charge in [0.2, 0.25) is 0 Å². The van der Waals surface area contributed by atoms with E-state index in [0.717, 1.165) is 115 Å². The molecule has 14 rings (SSSR count). The minimum atomic E-state index is -0.924. The summed E-state index contributed by atoms with van der Waals surface area (Å²) < 4.78 is 23.3. The number of ether oxygens (including phenoxy) is 4. The van der Waals surface area contributed by atoms with Crippen molar-refractivity contribution in [2.45, 2.75) is 38.0 Å². The van der Waals surface area contributed by atoms with Crippen molar-refractivity contribution in [3.05, 3.63) is 335 Å². The summed E-state index contributed by atoms with van der Waals surface area (Å²) in [6.45, 7) is 20.5. The van der Waals surface area contributed by atoms with Gasteiger partial charge in [-0.05, 0) is 197 Å². The minimum Gasteiger partial charge on any atom is -0.423 e. The third kappa shape index (κ3) is 9.22. The standard InChI is InChI=1S/C82H58O8/c1-48(2)77(83)87-62-33-25-58(26-34-62)81(72-43-24-53-14-8-11-17-66(53)74(72)70-42-23-55-16-10-13-19-68(55)76(70)81)59-27-39-65(40-28-59)90-80(86)51(7)44-52-20-21-56-47-73-71(46-57(56)45-52)69-41-22-54-15-9-12-18-67(54)75(69)82(73,60-29-35-63(36-30-60)88-78(84)49(3)4)61-31-37-64(38-32-61)89-79(85)50(5)6/h8-43,45-47H,1,3,5,7,44H2,2,4,6H3. The van der Waals surface area contributed by atoms with Crippen LogP contribution in [0.5, 0.6) is 23.0 Å². The molecule has 2 aliphatic rings. The van der Waals surface area contributed by atoms with E-state index in [1.165, 1.54) is 0 Å². The Hall–Kier alpha value is -11.5. The molecule has 0 saturated carbocycles. The summed E-state index contributed by atoms with van der Waals surface area (Å²) in [7, 11) is 0. The molecule has 0 N–H and O–H groups in total. The average molecular weight is 1170 g/mol. The van der Waals surface area contributed by atoms with E-state index in [1.807, 2.05) is 109 Å². The van der Waals surface area contributed by atoms with Gasteiger partial charge in [0.1, 0.15) is 23.0 Å². The molecule has 12 aromatic rings. The van der Waals surface area contributed by atoms with Gasteiger partial charge in [0.25, 0.3) is 0 Å². The van der Waals surface area contributed by atoms with Crippen molar-refractivity contribution in [2.24, 2.45) is 0 Å². The molecule has 8 heteroatoms. The molecule has 2 aliphatic carbocycles. The molecule has 0 heterocycles. The maximum atomic E-state index is 14.3. The fourth-order valence-corrected chi connectivity index (χ4v) is 13.6. The van der Waals surface area contributed by atoms with Crippen LogP contribution >= 0.6 is 0 Å². The van der Waals surface area contributed by atoms with E-state index in [9.17, 15) is 19.2 Å². The molecule has 0 aromatic heterocycles. The summed E-state index contributed by atoms with van der Waals surface area (Å²) in [5.74, 6) is -0.537. The molecule has 90 heavy (non-hydrogen) atoms. The summed E-state index contributed by atoms with van der Waals surface area (Å²) in [5, 5.41) is 8.51. The van der Waals surface area contributed by atoms with Gasteiger partial charge in [0.05, 0.1) is 10.8 Å². The van der Waals surface area contributed by atoms with E-state index in [1.54, 1.807) is 20.8 Å². The molecule has 12 aromatic carbocycles. The monoisotopic (exact) mass is 1170 g/mol. The Morgan fingerprint density at radius 2 is 0.711 bits per heavy atom. The molecule has 0 radical (unpaired) electrons. The van der Waals surface area contributed by atoms with E-state index in [-0.39, 0.29) is 23.1 Å². The quantitative estimate of drug-likeness (QED) is 0.0602. The molecule has 1 unspecified atom stereocenters. The highest BCUT2D eigenvalue weighted by Crippen LogP contribution is 2.61. The first-order valence-electron chi connectivity index (χ1n) is 29.7. The number of hydrogen-bond donors (Lipinski definition) is 0. The summed E-state index contributed by atoms with van der Waals surface area (Å²) >= 11 is 0. The van der Waals surface area contributed by atoms with Crippen molar-refractivity contribution < 1.29 is 38.1 Å². The van der Waals surface area contributed by atoms with Gasteiger partial charge in [-0.15, -0.1) is 0 Å². The Morgan fingerprint density at radius 3 is 1.18 bits per heavy atom. The van der Waals surface area contributed by atoms with E-state index in [0.29, 0.717) is 28.6 Å². The van der Waals surface area contributed by atoms with E-state index in [2.05, 4.69) is 154 Å². The molecule has 0 amide bonds. The van der Waals surface area contributed by atoms with Gasteiger partial charge in [-0.2, -0.15) is 0 Å². The fourth-order valence-electron chi connectivity index (χ4n) is 13.6. The van der Waals surface area contributed by atoms with E-state index in [4.69, 9.17) is 18.9 Å². The second-order valence-corrected chi connectivity index (χ2v) is 23.5. The van der Waals surface area contributed by atoms with Crippen LogP contribution in [-0.2, 0) is 36.4 Å². The Labute approximate surface area is 520 Å². The van der Waals surface area contributed by atoms with E-state index < -0.39 is 34.7 Å². The Bertz CT molecular complexity index is 5020. The van der Waals surface area contributed by atoms with Crippen molar-refractivity contribution in [3.63, 3.8) is 0 Å². The van der Waals surface area contributed by atoms with Crippen LogP contribution in [0.25, 0.3) is 65.3 Å². The number of hydrogen-bond acceptors (Lipinski definition) is 8. The summed E-state index contributed by atoms with van der Waals surface area (Å²) in [6, 6.07) is 79.9. The van der Waals surface area contributed by atoms with Crippen molar-refractivity contribution in [1.82, 2.24) is 0 Å². The molecular weight excluding hydrogens is 1110 g/mol. The van der Waals surface area contributed by atoms with Crippen LogP contribution in [0.4, 0.5) is 0 Å². The lowest BCUT2D eigenvalue weighted by Gasteiger charge is -2.35. The zero-order valence-corrected chi connectivity index (χ0v) is 49.8. The molecule has 0 saturated heterocycles. The predicted molar refractivity (Wildman–Crippen MR) is 357 cm³/mol. The average Bonchev–Trinajstić information content (AvgIpc) is 1.53. The lowest BCUT2D eigenvalue weighted by Crippen LogP contribution is -2.29. The SMILES string of the molecule is C=C(C)C(=O)Oc1ccc(C2(c3ccc(OC(=O)C(=C)C)cc3)c3cc4ccc(CC(=C)C(=O)Oc5ccc(C6(c7ccc(OC(=O)C(=C)C)cc7)c7ccc8ccccc8c7-c7ccc8ccccc8c76)cc5)cc4cc3-c3ccc4ccccc4c32)cc1. The highest BCUT2D eigenvalue weighted by molar-refractivity contribution is 6.09. The summed E-state index contributed by atoms with van der Waals surface area (Å²) in [5.41, 5.74) is 12.7. The van der Waals surface area contributed by atoms with Gasteiger partial charge in [-0.1, -0.05) is 202 Å². The zero-order chi connectivity index (χ0) is 62.2. The molecular formula is C82H58O8. The third-order valence-corrected chi connectivity index (χ3v) is 17.7. The van der Waals surface area contributed by atoms with Crippen molar-refractivity contribution >= 4 is 67.0 Å². The minimum absolute atomic E-state index is 0.231. The van der Waals surface area contributed by atoms with Crippen molar-refractivity contribution in [3.8, 4) is 45.3 Å². The van der Waals surface area contributed by atoms with Crippen molar-refractivity contribution in [1.29, 1.82) is 0 Å². The number of rotatable bonds is 14. The molecule has 1 atom stereocenters. The van der Waals surface area contributed by atoms with Crippen molar-refractivity contribution in [2.75, 3.05) is 0 Å². The van der Waals surface area contributed by atoms with Gasteiger partial charge in [-0.3, -0.25) is 0 Å². The van der Waals surface area contributed by atoms with Gasteiger partial charge < -0.3 is 18.9 Å². The largest absolute Gasteiger partial charge is 0.423 e. The lowest BCUT2D eigenvalue weighted by atomic mass is 9.66. The number of carbonyl (C=O) groups excluding carboxylic acids is 4. The molecule has 0 spiro atoms. The van der Waals surface area contributed by atoms with Crippen LogP contribution < -0.4 is 18.9 Å². The molecule has 434 valence electrons. The van der Waals surface area contributed by atoms with Gasteiger partial charge in [-0.25, -0.2) is 19.2 Å². The maximum Gasteiger partial charge on any atom is 0.339 e. The van der Waals surface area contributed by atoms with Crippen LogP contribution in [0.3, 0.4) is 0 Å². The Balaban J connectivity index is 0.815. The van der Waals surface area contributed by atoms with Crippen LogP contribution in [-0.4, -0.2) is 23.9 Å². The topological polar surface area (TPSA) is 105 Å². The highest BCUT2D eigenvalue weighted by Gasteiger charge is 2.49. The van der Waals surface area contributed by atoms with Gasteiger partial charge >= 0.3 is 23.9 Å². The first-order chi connectivity index (χ1) is 43.6. The first-order valence-corrected chi connectivity index (χ1v) is 29.7. The van der Waals surface area contributed by atoms with Crippen LogP contribution in [0.1, 0.15) is 70.8 Å². The smallest absolute Gasteiger partial charge is 0.339 e. The number of carbonyl (C=O) groups is 4. The fraction of sp³-hybridized carbons (Fsp3) is 0.0732. The molecule has 0 aliphatic heterocycles.